The first-order valence-corrected chi connectivity index (χ1v) is 11.6. The third kappa shape index (κ3) is 8.01. The smallest absolute Gasteiger partial charge is 0.322 e. The molecule has 10 heteroatoms. The molecule has 0 aliphatic heterocycles. The second-order valence-corrected chi connectivity index (χ2v) is 9.20. The van der Waals surface area contributed by atoms with E-state index in [9.17, 15) is 14.4 Å². The van der Waals surface area contributed by atoms with Crippen LogP contribution in [-0.4, -0.2) is 59.5 Å². The molecule has 0 aliphatic rings. The topological polar surface area (TPSA) is 132 Å². The molecule has 2 rings (SSSR count). The highest BCUT2D eigenvalue weighted by Gasteiger charge is 2.24. The first-order chi connectivity index (χ1) is 16.5. The second-order valence-electron chi connectivity index (χ2n) is 9.20. The highest BCUT2D eigenvalue weighted by molar-refractivity contribution is 5.94. The molecule has 0 radical (unpaired) electrons. The van der Waals surface area contributed by atoms with Crippen LogP contribution in [0.15, 0.2) is 24.3 Å². The fourth-order valence-corrected chi connectivity index (χ4v) is 3.81. The number of rotatable bonds is 13. The minimum atomic E-state index is -1.13. The largest absolute Gasteiger partial charge is 0.496 e. The number of carbonyl (C=O) groups excluding carboxylic acids is 2. The average Bonchev–Trinajstić information content (AvgIpc) is 3.19. The summed E-state index contributed by atoms with van der Waals surface area (Å²) in [5, 5.41) is 18.6. The Kier molecular flexibility index (Phi) is 10.1. The van der Waals surface area contributed by atoms with Crippen LogP contribution in [0.4, 0.5) is 0 Å². The van der Waals surface area contributed by atoms with Gasteiger partial charge in [-0.05, 0) is 36.5 Å². The van der Waals surface area contributed by atoms with Gasteiger partial charge in [0.25, 0.3) is 5.91 Å². The predicted octanol–water partition coefficient (Wildman–Crippen LogP) is 2.96. The van der Waals surface area contributed by atoms with Gasteiger partial charge in [-0.25, -0.2) is 0 Å². The van der Waals surface area contributed by atoms with Gasteiger partial charge in [-0.1, -0.05) is 33.8 Å². The molecular weight excluding hydrogens is 452 g/mol. The zero-order chi connectivity index (χ0) is 26.1. The summed E-state index contributed by atoms with van der Waals surface area (Å²) in [6, 6.07) is 6.67. The van der Waals surface area contributed by atoms with Crippen LogP contribution >= 0.6 is 0 Å². The number of aliphatic carboxylic acids is 1. The number of ether oxygens (including phenoxy) is 2. The highest BCUT2D eigenvalue weighted by atomic mass is 16.5. The number of carboxylic acids is 1. The fourth-order valence-electron chi connectivity index (χ4n) is 3.81. The van der Waals surface area contributed by atoms with Crippen LogP contribution in [-0.2, 0) is 16.1 Å². The fraction of sp³-hybridized carbons (Fsp3) is 0.520. The molecule has 10 nitrogen and oxygen atoms in total. The second kappa shape index (κ2) is 12.8. The van der Waals surface area contributed by atoms with E-state index in [-0.39, 0.29) is 24.0 Å². The average molecular weight is 489 g/mol. The molecule has 0 saturated carbocycles. The number of hydrogen-bond donors (Lipinski definition) is 3. The summed E-state index contributed by atoms with van der Waals surface area (Å²) in [5.74, 6) is -0.334. The molecule has 0 spiro atoms. The first kappa shape index (κ1) is 27.7. The van der Waals surface area contributed by atoms with Crippen molar-refractivity contribution in [1.29, 1.82) is 0 Å². The maximum Gasteiger partial charge on any atom is 0.322 e. The lowest BCUT2D eigenvalue weighted by molar-refractivity contribution is -0.138. The van der Waals surface area contributed by atoms with Gasteiger partial charge in [-0.2, -0.15) is 5.10 Å². The molecule has 1 atom stereocenters. The van der Waals surface area contributed by atoms with Crippen molar-refractivity contribution in [3.05, 3.63) is 30.0 Å². The summed E-state index contributed by atoms with van der Waals surface area (Å²) in [7, 11) is 3.14. The minimum Gasteiger partial charge on any atom is -0.496 e. The number of hydrogen-bond acceptors (Lipinski definition) is 6. The van der Waals surface area contributed by atoms with Gasteiger partial charge < -0.3 is 25.2 Å². The molecule has 0 saturated heterocycles. The van der Waals surface area contributed by atoms with Crippen molar-refractivity contribution in [2.24, 2.45) is 11.8 Å². The Hall–Kier alpha value is -3.56. The van der Waals surface area contributed by atoms with Gasteiger partial charge in [0, 0.05) is 19.0 Å². The summed E-state index contributed by atoms with van der Waals surface area (Å²) in [6.45, 7) is 8.18. The summed E-state index contributed by atoms with van der Waals surface area (Å²) in [5.41, 5.74) is 1.57. The summed E-state index contributed by atoms with van der Waals surface area (Å²) < 4.78 is 12.9. The van der Waals surface area contributed by atoms with Gasteiger partial charge in [0.2, 0.25) is 5.91 Å². The zero-order valence-corrected chi connectivity index (χ0v) is 21.3. The SMILES string of the molecule is COc1cccc(OC)c1-c1cc(C(=O)N[C@H](CC(=O)NCC(=O)O)CC(C)C)nn1CC(C)C. The lowest BCUT2D eigenvalue weighted by atomic mass is 10.0. The van der Waals surface area contributed by atoms with E-state index in [1.54, 1.807) is 25.0 Å². The third-order valence-corrected chi connectivity index (χ3v) is 5.19. The van der Waals surface area contributed by atoms with Gasteiger partial charge in [0.1, 0.15) is 18.0 Å². The van der Waals surface area contributed by atoms with Crippen LogP contribution in [0, 0.1) is 11.8 Å². The van der Waals surface area contributed by atoms with Crippen molar-refractivity contribution in [2.75, 3.05) is 20.8 Å². The number of carboxylic acid groups (broad SMARTS) is 1. The molecule has 0 aliphatic carbocycles. The van der Waals surface area contributed by atoms with Crippen LogP contribution in [0.3, 0.4) is 0 Å². The number of amides is 2. The van der Waals surface area contributed by atoms with Crippen molar-refractivity contribution < 1.29 is 29.0 Å². The molecule has 1 aromatic carbocycles. The molecular formula is C25H36N4O6. The van der Waals surface area contributed by atoms with Gasteiger partial charge >= 0.3 is 5.97 Å². The number of carbonyl (C=O) groups is 3. The van der Waals surface area contributed by atoms with Gasteiger partial charge in [0.15, 0.2) is 5.69 Å². The van der Waals surface area contributed by atoms with Crippen LogP contribution in [0.1, 0.15) is 51.0 Å². The van der Waals surface area contributed by atoms with E-state index in [4.69, 9.17) is 14.6 Å². The van der Waals surface area contributed by atoms with Crippen molar-refractivity contribution >= 4 is 17.8 Å². The first-order valence-electron chi connectivity index (χ1n) is 11.6. The summed E-state index contributed by atoms with van der Waals surface area (Å²) >= 11 is 0. The molecule has 3 N–H and O–H groups in total. The monoisotopic (exact) mass is 488 g/mol. The van der Waals surface area contributed by atoms with E-state index >= 15 is 0 Å². The zero-order valence-electron chi connectivity index (χ0n) is 21.3. The van der Waals surface area contributed by atoms with E-state index in [1.807, 2.05) is 32.0 Å². The maximum absolute atomic E-state index is 13.2. The van der Waals surface area contributed by atoms with Crippen LogP contribution in [0.25, 0.3) is 11.3 Å². The molecule has 0 unspecified atom stereocenters. The van der Waals surface area contributed by atoms with Crippen molar-refractivity contribution in [1.82, 2.24) is 20.4 Å². The normalized spacial score (nSPS) is 11.9. The number of nitrogens with one attached hydrogen (secondary N) is 2. The van der Waals surface area contributed by atoms with E-state index in [2.05, 4.69) is 29.6 Å². The Morgan fingerprint density at radius 3 is 2.20 bits per heavy atom. The van der Waals surface area contributed by atoms with E-state index in [0.29, 0.717) is 35.7 Å². The maximum atomic E-state index is 13.2. The van der Waals surface area contributed by atoms with Gasteiger partial charge in [-0.15, -0.1) is 0 Å². The van der Waals surface area contributed by atoms with E-state index < -0.39 is 30.4 Å². The highest BCUT2D eigenvalue weighted by Crippen LogP contribution is 2.38. The van der Waals surface area contributed by atoms with Crippen molar-refractivity contribution in [3.63, 3.8) is 0 Å². The molecule has 0 bridgehead atoms. The Morgan fingerprint density at radius 2 is 1.69 bits per heavy atom. The lowest BCUT2D eigenvalue weighted by Gasteiger charge is -2.19. The van der Waals surface area contributed by atoms with E-state index in [0.717, 1.165) is 0 Å². The quantitative estimate of drug-likeness (QED) is 0.395. The Balaban J connectivity index is 2.37. The van der Waals surface area contributed by atoms with Crippen molar-refractivity contribution in [3.8, 4) is 22.8 Å². The number of aromatic nitrogens is 2. The van der Waals surface area contributed by atoms with E-state index in [1.165, 1.54) is 0 Å². The van der Waals surface area contributed by atoms with Gasteiger partial charge in [-0.3, -0.25) is 19.1 Å². The summed E-state index contributed by atoms with van der Waals surface area (Å²) in [4.78, 5) is 36.1. The summed E-state index contributed by atoms with van der Waals surface area (Å²) in [6.07, 6.45) is 0.517. The standard InChI is InChI=1S/C25H36N4O6/c1-15(2)10-17(11-22(30)26-13-23(31)32)27-25(33)18-12-19(29(28-18)14-16(3)4)24-20(34-5)8-7-9-21(24)35-6/h7-9,12,15-17H,10-11,13-14H2,1-6H3,(H,26,30)(H,27,33)(H,31,32)/t17-/m0/s1. The van der Waals surface area contributed by atoms with Gasteiger partial charge in [0.05, 0.1) is 25.5 Å². The Bertz CT molecular complexity index is 1010. The number of methoxy groups -OCH3 is 2. The molecule has 0 fully saturated rings. The Labute approximate surface area is 206 Å². The van der Waals surface area contributed by atoms with Crippen LogP contribution in [0.2, 0.25) is 0 Å². The molecule has 1 heterocycles. The number of benzene rings is 1. The van der Waals surface area contributed by atoms with Crippen molar-refractivity contribution in [2.45, 2.75) is 53.1 Å². The minimum absolute atomic E-state index is 0.0307. The molecule has 192 valence electrons. The van der Waals surface area contributed by atoms with Crippen LogP contribution < -0.4 is 20.1 Å². The molecule has 35 heavy (non-hydrogen) atoms. The molecule has 2 amide bonds. The number of nitrogens with zero attached hydrogens (tertiary/aromatic N) is 2. The molecule has 1 aromatic heterocycles. The third-order valence-electron chi connectivity index (χ3n) is 5.19. The van der Waals surface area contributed by atoms with Crippen LogP contribution in [0.5, 0.6) is 11.5 Å². The lowest BCUT2D eigenvalue weighted by Crippen LogP contribution is -2.41. The predicted molar refractivity (Wildman–Crippen MR) is 132 cm³/mol. The molecule has 2 aromatic rings. The Morgan fingerprint density at radius 1 is 1.06 bits per heavy atom.